The molecule has 0 saturated carbocycles. The number of benzene rings is 1. The van der Waals surface area contributed by atoms with Gasteiger partial charge in [0.2, 0.25) is 5.91 Å². The number of hydrogen-bond donors (Lipinski definition) is 2. The van der Waals surface area contributed by atoms with Crippen LogP contribution in [0.4, 0.5) is 5.69 Å². The average molecular weight is 299 g/mol. The van der Waals surface area contributed by atoms with E-state index in [0.29, 0.717) is 12.3 Å². The lowest BCUT2D eigenvalue weighted by molar-refractivity contribution is -0.116. The summed E-state index contributed by atoms with van der Waals surface area (Å²) >= 11 is 0. The molecule has 0 bridgehead atoms. The number of hydrogen-bond acceptors (Lipinski definition) is 3. The summed E-state index contributed by atoms with van der Waals surface area (Å²) in [7, 11) is 1.62. The van der Waals surface area contributed by atoms with Crippen LogP contribution in [0, 0.1) is 5.92 Å². The minimum absolute atomic E-state index is 0. The van der Waals surface area contributed by atoms with Gasteiger partial charge in [-0.1, -0.05) is 6.07 Å². The molecule has 1 amide bonds. The summed E-state index contributed by atoms with van der Waals surface area (Å²) in [5.74, 6) is 1.54. The fraction of sp³-hybridized carbons (Fsp3) is 0.533. The van der Waals surface area contributed by atoms with Crippen LogP contribution < -0.4 is 15.4 Å². The Hall–Kier alpha value is -1.26. The number of anilines is 1. The summed E-state index contributed by atoms with van der Waals surface area (Å²) in [5, 5.41) is 6.26. The molecule has 2 N–H and O–H groups in total. The molecule has 0 spiro atoms. The lowest BCUT2D eigenvalue weighted by Gasteiger charge is -2.22. The zero-order valence-electron chi connectivity index (χ0n) is 11.9. The van der Waals surface area contributed by atoms with Crippen LogP contribution in [0.15, 0.2) is 24.3 Å². The number of amides is 1. The number of methoxy groups -OCH3 is 1. The van der Waals surface area contributed by atoms with E-state index in [9.17, 15) is 4.79 Å². The third kappa shape index (κ3) is 5.39. The van der Waals surface area contributed by atoms with Gasteiger partial charge in [-0.3, -0.25) is 4.79 Å². The molecule has 5 heteroatoms. The van der Waals surface area contributed by atoms with Gasteiger partial charge in [-0.2, -0.15) is 0 Å². The molecule has 20 heavy (non-hydrogen) atoms. The summed E-state index contributed by atoms with van der Waals surface area (Å²) < 4.78 is 5.13. The second-order valence-electron chi connectivity index (χ2n) is 5.01. The highest BCUT2D eigenvalue weighted by molar-refractivity contribution is 5.90. The monoisotopic (exact) mass is 298 g/mol. The van der Waals surface area contributed by atoms with Gasteiger partial charge in [0, 0.05) is 18.2 Å². The third-order valence-electron chi connectivity index (χ3n) is 3.59. The van der Waals surface area contributed by atoms with E-state index in [2.05, 4.69) is 10.6 Å². The molecule has 1 aliphatic heterocycles. The van der Waals surface area contributed by atoms with Crippen molar-refractivity contribution in [3.8, 4) is 5.75 Å². The second kappa shape index (κ2) is 8.82. The van der Waals surface area contributed by atoms with Gasteiger partial charge in [-0.05, 0) is 50.4 Å². The Morgan fingerprint density at radius 2 is 2.15 bits per heavy atom. The van der Waals surface area contributed by atoms with Crippen molar-refractivity contribution >= 4 is 24.0 Å². The fourth-order valence-electron chi connectivity index (χ4n) is 2.43. The first-order valence-corrected chi connectivity index (χ1v) is 6.92. The van der Waals surface area contributed by atoms with E-state index in [1.165, 1.54) is 12.8 Å². The van der Waals surface area contributed by atoms with E-state index in [1.807, 2.05) is 24.3 Å². The first-order chi connectivity index (χ1) is 9.28. The smallest absolute Gasteiger partial charge is 0.224 e. The van der Waals surface area contributed by atoms with E-state index >= 15 is 0 Å². The Labute approximate surface area is 126 Å². The van der Waals surface area contributed by atoms with Crippen molar-refractivity contribution in [1.82, 2.24) is 5.32 Å². The molecule has 1 aliphatic rings. The lowest BCUT2D eigenvalue weighted by atomic mass is 9.93. The number of rotatable bonds is 5. The molecule has 0 aliphatic carbocycles. The lowest BCUT2D eigenvalue weighted by Crippen LogP contribution is -2.28. The van der Waals surface area contributed by atoms with E-state index in [-0.39, 0.29) is 18.3 Å². The molecule has 0 atom stereocenters. The molecular formula is C15H23ClN2O2. The first kappa shape index (κ1) is 16.8. The maximum atomic E-state index is 11.9. The molecule has 4 nitrogen and oxygen atoms in total. The highest BCUT2D eigenvalue weighted by Gasteiger charge is 2.14. The fourth-order valence-corrected chi connectivity index (χ4v) is 2.43. The summed E-state index contributed by atoms with van der Waals surface area (Å²) in [5.41, 5.74) is 0.801. The van der Waals surface area contributed by atoms with Crippen LogP contribution in [0.2, 0.25) is 0 Å². The highest BCUT2D eigenvalue weighted by Crippen LogP contribution is 2.20. The van der Waals surface area contributed by atoms with Gasteiger partial charge in [-0.15, -0.1) is 12.4 Å². The largest absolute Gasteiger partial charge is 0.497 e. The van der Waals surface area contributed by atoms with Crippen molar-refractivity contribution in [1.29, 1.82) is 0 Å². The quantitative estimate of drug-likeness (QED) is 0.879. The maximum absolute atomic E-state index is 11.9. The molecular weight excluding hydrogens is 276 g/mol. The molecule has 1 aromatic carbocycles. The van der Waals surface area contributed by atoms with Gasteiger partial charge in [-0.25, -0.2) is 0 Å². The van der Waals surface area contributed by atoms with Crippen LogP contribution in [0.3, 0.4) is 0 Å². The molecule has 0 radical (unpaired) electrons. The molecule has 1 heterocycles. The van der Waals surface area contributed by atoms with Gasteiger partial charge in [0.05, 0.1) is 7.11 Å². The number of halogens is 1. The highest BCUT2D eigenvalue weighted by atomic mass is 35.5. The molecule has 0 aromatic heterocycles. The van der Waals surface area contributed by atoms with Crippen molar-refractivity contribution in [3.05, 3.63) is 24.3 Å². The summed E-state index contributed by atoms with van der Waals surface area (Å²) in [6.07, 6.45) is 3.96. The Kier molecular flexibility index (Phi) is 7.41. The standard InChI is InChI=1S/C15H22N2O2.ClH/c1-19-14-4-2-3-13(11-14)17-15(18)6-5-12-7-9-16-10-8-12;/h2-4,11-12,16H,5-10H2,1H3,(H,17,18);1H. The van der Waals surface area contributed by atoms with Crippen molar-refractivity contribution in [2.24, 2.45) is 5.92 Å². The SMILES string of the molecule is COc1cccc(NC(=O)CCC2CCNCC2)c1.Cl. The van der Waals surface area contributed by atoms with Gasteiger partial charge < -0.3 is 15.4 Å². The minimum Gasteiger partial charge on any atom is -0.497 e. The predicted molar refractivity (Wildman–Crippen MR) is 83.7 cm³/mol. The number of carbonyl (C=O) groups is 1. The summed E-state index contributed by atoms with van der Waals surface area (Å²) in [6, 6.07) is 7.46. The van der Waals surface area contributed by atoms with Crippen LogP contribution in [-0.2, 0) is 4.79 Å². The number of piperidine rings is 1. The van der Waals surface area contributed by atoms with E-state index in [0.717, 1.165) is 30.9 Å². The maximum Gasteiger partial charge on any atom is 0.224 e. The number of nitrogens with one attached hydrogen (secondary N) is 2. The van der Waals surface area contributed by atoms with E-state index in [1.54, 1.807) is 7.11 Å². The van der Waals surface area contributed by atoms with Crippen molar-refractivity contribution in [2.75, 3.05) is 25.5 Å². The Balaban J connectivity index is 0.00000200. The molecule has 1 aromatic rings. The van der Waals surface area contributed by atoms with E-state index < -0.39 is 0 Å². The number of ether oxygens (including phenoxy) is 1. The summed E-state index contributed by atoms with van der Waals surface area (Å²) in [6.45, 7) is 2.17. The zero-order chi connectivity index (χ0) is 13.5. The molecule has 2 rings (SSSR count). The zero-order valence-corrected chi connectivity index (χ0v) is 12.7. The van der Waals surface area contributed by atoms with E-state index in [4.69, 9.17) is 4.74 Å². The van der Waals surface area contributed by atoms with Crippen molar-refractivity contribution in [3.63, 3.8) is 0 Å². The Morgan fingerprint density at radius 1 is 1.40 bits per heavy atom. The van der Waals surface area contributed by atoms with Crippen molar-refractivity contribution < 1.29 is 9.53 Å². The predicted octanol–water partition coefficient (Wildman–Crippen LogP) is 2.84. The third-order valence-corrected chi connectivity index (χ3v) is 3.59. The van der Waals surface area contributed by atoms with Crippen LogP contribution in [-0.4, -0.2) is 26.1 Å². The van der Waals surface area contributed by atoms with Gasteiger partial charge >= 0.3 is 0 Å². The first-order valence-electron chi connectivity index (χ1n) is 6.92. The van der Waals surface area contributed by atoms with Crippen LogP contribution in [0.5, 0.6) is 5.75 Å². The van der Waals surface area contributed by atoms with Gasteiger partial charge in [0.1, 0.15) is 5.75 Å². The summed E-state index contributed by atoms with van der Waals surface area (Å²) in [4.78, 5) is 11.9. The Bertz CT molecular complexity index is 420. The van der Waals surface area contributed by atoms with Crippen LogP contribution in [0.25, 0.3) is 0 Å². The molecule has 1 saturated heterocycles. The number of carbonyl (C=O) groups excluding carboxylic acids is 1. The molecule has 1 fully saturated rings. The van der Waals surface area contributed by atoms with Crippen LogP contribution >= 0.6 is 12.4 Å². The second-order valence-corrected chi connectivity index (χ2v) is 5.01. The Morgan fingerprint density at radius 3 is 2.85 bits per heavy atom. The topological polar surface area (TPSA) is 50.4 Å². The van der Waals surface area contributed by atoms with Gasteiger partial charge in [0.15, 0.2) is 0 Å². The normalized spacial score (nSPS) is 15.2. The van der Waals surface area contributed by atoms with Crippen LogP contribution in [0.1, 0.15) is 25.7 Å². The average Bonchev–Trinajstić information content (AvgIpc) is 2.46. The minimum atomic E-state index is 0. The molecule has 112 valence electrons. The van der Waals surface area contributed by atoms with Crippen molar-refractivity contribution in [2.45, 2.75) is 25.7 Å². The molecule has 0 unspecified atom stereocenters. The van der Waals surface area contributed by atoms with Gasteiger partial charge in [0.25, 0.3) is 0 Å².